The van der Waals surface area contributed by atoms with Crippen LogP contribution in [0.5, 0.6) is 0 Å². The highest BCUT2D eigenvalue weighted by atomic mass is 19.3. The number of nitrogens with two attached hydrogens (primary N) is 1. The number of alkyl halides is 2. The van der Waals surface area contributed by atoms with Crippen molar-refractivity contribution in [1.29, 1.82) is 0 Å². The van der Waals surface area contributed by atoms with Crippen molar-refractivity contribution in [3.63, 3.8) is 0 Å². The minimum absolute atomic E-state index is 0.117. The van der Waals surface area contributed by atoms with Gasteiger partial charge >= 0.3 is 0 Å². The number of hydrogen-bond acceptors (Lipinski definition) is 2. The lowest BCUT2D eigenvalue weighted by atomic mass is 10.3. The molecule has 0 amide bonds. The van der Waals surface area contributed by atoms with Gasteiger partial charge in [0.15, 0.2) is 0 Å². The molecule has 1 saturated carbocycles. The van der Waals surface area contributed by atoms with Gasteiger partial charge in [-0.2, -0.15) is 0 Å². The molecule has 0 spiro atoms. The third-order valence-electron chi connectivity index (χ3n) is 2.05. The maximum atomic E-state index is 12.0. The van der Waals surface area contributed by atoms with Crippen LogP contribution in [-0.2, 0) is 0 Å². The molecule has 2 nitrogen and oxygen atoms in total. The lowest BCUT2D eigenvalue weighted by Gasteiger charge is -2.20. The third-order valence-corrected chi connectivity index (χ3v) is 2.05. The summed E-state index contributed by atoms with van der Waals surface area (Å²) in [6.45, 7) is 1.76. The molecule has 0 aromatic heterocycles. The lowest BCUT2D eigenvalue weighted by Crippen LogP contribution is -2.35. The zero-order valence-electron chi connectivity index (χ0n) is 7.18. The summed E-state index contributed by atoms with van der Waals surface area (Å²) in [7, 11) is 0. The average Bonchev–Trinajstić information content (AvgIpc) is 2.70. The summed E-state index contributed by atoms with van der Waals surface area (Å²) in [5, 5.41) is 0. The molecule has 0 aromatic carbocycles. The number of hydrogen-bond donors (Lipinski definition) is 1. The molecule has 0 aliphatic heterocycles. The van der Waals surface area contributed by atoms with Gasteiger partial charge in [-0.1, -0.05) is 0 Å². The van der Waals surface area contributed by atoms with Crippen LogP contribution in [0.15, 0.2) is 0 Å². The second kappa shape index (κ2) is 4.72. The van der Waals surface area contributed by atoms with Gasteiger partial charge in [0.05, 0.1) is 6.54 Å². The Morgan fingerprint density at radius 2 is 2.08 bits per heavy atom. The smallest absolute Gasteiger partial charge is 0.251 e. The highest BCUT2D eigenvalue weighted by molar-refractivity contribution is 4.77. The van der Waals surface area contributed by atoms with Crippen LogP contribution in [-0.4, -0.2) is 37.5 Å². The number of halogens is 2. The van der Waals surface area contributed by atoms with E-state index in [2.05, 4.69) is 0 Å². The monoisotopic (exact) mass is 178 g/mol. The van der Waals surface area contributed by atoms with E-state index < -0.39 is 6.43 Å². The Kier molecular flexibility index (Phi) is 3.88. The molecule has 0 aromatic rings. The van der Waals surface area contributed by atoms with E-state index in [1.54, 1.807) is 4.90 Å². The zero-order chi connectivity index (χ0) is 8.97. The summed E-state index contributed by atoms with van der Waals surface area (Å²) in [5.74, 6) is 0.662. The summed E-state index contributed by atoms with van der Waals surface area (Å²) in [6.07, 6.45) is 0.171. The lowest BCUT2D eigenvalue weighted by molar-refractivity contribution is 0.0874. The van der Waals surface area contributed by atoms with E-state index in [0.717, 1.165) is 6.54 Å². The van der Waals surface area contributed by atoms with Crippen molar-refractivity contribution in [3.8, 4) is 0 Å². The van der Waals surface area contributed by atoms with Crippen LogP contribution in [0, 0.1) is 5.92 Å². The molecule has 72 valence electrons. The van der Waals surface area contributed by atoms with E-state index in [-0.39, 0.29) is 6.54 Å². The standard InChI is InChI=1S/C8H16F2N2/c9-8(10)6-12(4-3-11)5-7-1-2-7/h7-8H,1-6,11H2. The van der Waals surface area contributed by atoms with E-state index in [1.165, 1.54) is 12.8 Å². The van der Waals surface area contributed by atoms with Crippen molar-refractivity contribution in [2.45, 2.75) is 19.3 Å². The summed E-state index contributed by atoms with van der Waals surface area (Å²) in [6, 6.07) is 0. The summed E-state index contributed by atoms with van der Waals surface area (Å²) in [4.78, 5) is 1.77. The van der Waals surface area contributed by atoms with Gasteiger partial charge < -0.3 is 5.73 Å². The largest absolute Gasteiger partial charge is 0.329 e. The summed E-state index contributed by atoms with van der Waals surface area (Å²) >= 11 is 0. The topological polar surface area (TPSA) is 29.3 Å². The van der Waals surface area contributed by atoms with Crippen LogP contribution in [0.1, 0.15) is 12.8 Å². The molecule has 1 aliphatic carbocycles. The summed E-state index contributed by atoms with van der Waals surface area (Å²) in [5.41, 5.74) is 5.31. The highest BCUT2D eigenvalue weighted by Gasteiger charge is 2.24. The van der Waals surface area contributed by atoms with Crippen LogP contribution in [0.4, 0.5) is 8.78 Å². The van der Waals surface area contributed by atoms with E-state index in [4.69, 9.17) is 5.73 Å². The molecule has 0 unspecified atom stereocenters. The molecule has 0 radical (unpaired) electrons. The van der Waals surface area contributed by atoms with Gasteiger partial charge in [0.25, 0.3) is 6.43 Å². The quantitative estimate of drug-likeness (QED) is 0.655. The van der Waals surface area contributed by atoms with Crippen molar-refractivity contribution in [2.75, 3.05) is 26.2 Å². The molecule has 0 atom stereocenters. The normalized spacial score (nSPS) is 17.8. The Morgan fingerprint density at radius 3 is 2.50 bits per heavy atom. The zero-order valence-corrected chi connectivity index (χ0v) is 7.18. The minimum atomic E-state index is -2.23. The fourth-order valence-electron chi connectivity index (χ4n) is 1.30. The van der Waals surface area contributed by atoms with Crippen molar-refractivity contribution >= 4 is 0 Å². The Morgan fingerprint density at radius 1 is 1.42 bits per heavy atom. The Hall–Kier alpha value is -0.220. The van der Waals surface area contributed by atoms with Crippen LogP contribution in [0.25, 0.3) is 0 Å². The maximum Gasteiger partial charge on any atom is 0.251 e. The van der Waals surface area contributed by atoms with E-state index in [0.29, 0.717) is 19.0 Å². The average molecular weight is 178 g/mol. The van der Waals surface area contributed by atoms with Gasteiger partial charge in [-0.25, -0.2) is 8.78 Å². The van der Waals surface area contributed by atoms with E-state index >= 15 is 0 Å². The van der Waals surface area contributed by atoms with Crippen LogP contribution in [0.2, 0.25) is 0 Å². The molecule has 1 rings (SSSR count). The summed E-state index contributed by atoms with van der Waals surface area (Å²) < 4.78 is 24.0. The van der Waals surface area contributed by atoms with Gasteiger partial charge in [0.1, 0.15) is 0 Å². The van der Waals surface area contributed by atoms with Crippen molar-refractivity contribution < 1.29 is 8.78 Å². The minimum Gasteiger partial charge on any atom is -0.329 e. The van der Waals surface area contributed by atoms with Crippen LogP contribution < -0.4 is 5.73 Å². The van der Waals surface area contributed by atoms with Gasteiger partial charge in [-0.15, -0.1) is 0 Å². The molecular weight excluding hydrogens is 162 g/mol. The first-order valence-corrected chi connectivity index (χ1v) is 4.43. The second-order valence-electron chi connectivity index (χ2n) is 3.38. The van der Waals surface area contributed by atoms with Crippen LogP contribution >= 0.6 is 0 Å². The van der Waals surface area contributed by atoms with Gasteiger partial charge in [-0.3, -0.25) is 4.90 Å². The predicted molar refractivity (Wildman–Crippen MR) is 44.2 cm³/mol. The molecule has 1 fully saturated rings. The fourth-order valence-corrected chi connectivity index (χ4v) is 1.30. The molecule has 2 N–H and O–H groups in total. The Balaban J connectivity index is 2.16. The molecule has 4 heteroatoms. The first-order valence-electron chi connectivity index (χ1n) is 4.43. The van der Waals surface area contributed by atoms with E-state index in [1.807, 2.05) is 0 Å². The Labute approximate surface area is 71.7 Å². The predicted octanol–water partition coefficient (Wildman–Crippen LogP) is 0.922. The van der Waals surface area contributed by atoms with E-state index in [9.17, 15) is 8.78 Å². The SMILES string of the molecule is NCCN(CC(F)F)CC1CC1. The fraction of sp³-hybridized carbons (Fsp3) is 1.00. The van der Waals surface area contributed by atoms with Crippen molar-refractivity contribution in [3.05, 3.63) is 0 Å². The first-order chi connectivity index (χ1) is 5.72. The second-order valence-corrected chi connectivity index (χ2v) is 3.38. The van der Waals surface area contributed by atoms with Gasteiger partial charge in [0, 0.05) is 19.6 Å². The van der Waals surface area contributed by atoms with Crippen molar-refractivity contribution in [2.24, 2.45) is 11.7 Å². The van der Waals surface area contributed by atoms with Gasteiger partial charge in [-0.05, 0) is 18.8 Å². The maximum absolute atomic E-state index is 12.0. The molecule has 0 bridgehead atoms. The Bertz CT molecular complexity index is 122. The van der Waals surface area contributed by atoms with Gasteiger partial charge in [0.2, 0.25) is 0 Å². The van der Waals surface area contributed by atoms with Crippen LogP contribution in [0.3, 0.4) is 0 Å². The third kappa shape index (κ3) is 3.97. The molecule has 12 heavy (non-hydrogen) atoms. The number of rotatable bonds is 6. The molecule has 1 aliphatic rings. The molecule has 0 heterocycles. The number of nitrogens with zero attached hydrogens (tertiary/aromatic N) is 1. The molecular formula is C8H16F2N2. The molecule has 0 saturated heterocycles. The highest BCUT2D eigenvalue weighted by Crippen LogP contribution is 2.29. The van der Waals surface area contributed by atoms with Crippen molar-refractivity contribution in [1.82, 2.24) is 4.90 Å². The first kappa shape index (κ1) is 9.86.